The summed E-state index contributed by atoms with van der Waals surface area (Å²) in [6, 6.07) is 0. The summed E-state index contributed by atoms with van der Waals surface area (Å²) in [5, 5.41) is 17.9. The van der Waals surface area contributed by atoms with Crippen molar-refractivity contribution in [1.82, 2.24) is 0 Å². The van der Waals surface area contributed by atoms with Gasteiger partial charge in [0.1, 0.15) is 0 Å². The van der Waals surface area contributed by atoms with Gasteiger partial charge in [0.2, 0.25) is 0 Å². The van der Waals surface area contributed by atoms with E-state index in [1.54, 1.807) is 0 Å². The molecule has 0 saturated carbocycles. The van der Waals surface area contributed by atoms with E-state index in [9.17, 15) is 0 Å². The van der Waals surface area contributed by atoms with Crippen molar-refractivity contribution in [1.29, 1.82) is 0 Å². The molecule has 4 nitrogen and oxygen atoms in total. The van der Waals surface area contributed by atoms with E-state index in [-0.39, 0.29) is 49.0 Å². The van der Waals surface area contributed by atoms with E-state index in [2.05, 4.69) is 0 Å². The van der Waals surface area contributed by atoms with Gasteiger partial charge in [-0.15, -0.1) is 0 Å². The fourth-order valence-electron chi connectivity index (χ4n) is 0. The summed E-state index contributed by atoms with van der Waals surface area (Å²) >= 11 is 0. The summed E-state index contributed by atoms with van der Waals surface area (Å²) in [5.74, 6) is -4.37. The van der Waals surface area contributed by atoms with Gasteiger partial charge in [0.25, 0.3) is 0 Å². The molecule has 0 aliphatic carbocycles. The molecule has 8 heavy (non-hydrogen) atoms. The van der Waals surface area contributed by atoms with Crippen molar-refractivity contribution < 1.29 is 41.5 Å². The van der Waals surface area contributed by atoms with Gasteiger partial charge >= 0.3 is 27.3 Å². The van der Waals surface area contributed by atoms with Gasteiger partial charge in [-0.05, 0) is 0 Å². The standard InChI is InChI=1S/C2H2O4.Pb.Ti/c3-1(4)2(5)6;;/h(H,3,4)(H,5,6);;/q;+2;/p-2. The number of aliphatic carboxylic acids is 2. The van der Waals surface area contributed by atoms with Crippen molar-refractivity contribution in [2.75, 3.05) is 0 Å². The van der Waals surface area contributed by atoms with Crippen LogP contribution in [0.3, 0.4) is 0 Å². The van der Waals surface area contributed by atoms with Crippen molar-refractivity contribution in [2.45, 2.75) is 0 Å². The van der Waals surface area contributed by atoms with Crippen LogP contribution in [0.1, 0.15) is 0 Å². The second-order valence-corrected chi connectivity index (χ2v) is 0.575. The third kappa shape index (κ3) is 9.76. The van der Waals surface area contributed by atoms with Gasteiger partial charge < -0.3 is 19.8 Å². The molecule has 0 heterocycles. The van der Waals surface area contributed by atoms with E-state index in [4.69, 9.17) is 19.8 Å². The quantitative estimate of drug-likeness (QED) is 0.333. The summed E-state index contributed by atoms with van der Waals surface area (Å²) in [6.07, 6.45) is 0. The van der Waals surface area contributed by atoms with E-state index >= 15 is 0 Å². The van der Waals surface area contributed by atoms with Crippen LogP contribution in [0.25, 0.3) is 0 Å². The van der Waals surface area contributed by atoms with Crippen LogP contribution in [-0.4, -0.2) is 39.2 Å². The van der Waals surface area contributed by atoms with Gasteiger partial charge in [-0.3, -0.25) is 0 Å². The first-order chi connectivity index (χ1) is 2.64. The van der Waals surface area contributed by atoms with Gasteiger partial charge in [-0.1, -0.05) is 0 Å². The molecule has 0 unspecified atom stereocenters. The summed E-state index contributed by atoms with van der Waals surface area (Å²) in [7, 11) is 0. The summed E-state index contributed by atoms with van der Waals surface area (Å²) in [5.41, 5.74) is 0. The third-order valence-corrected chi connectivity index (χ3v) is 0.167. The van der Waals surface area contributed by atoms with Gasteiger partial charge in [-0.25, -0.2) is 0 Å². The normalized spacial score (nSPS) is 5.50. The summed E-state index contributed by atoms with van der Waals surface area (Å²) in [4.78, 5) is 17.9. The van der Waals surface area contributed by atoms with Crippen molar-refractivity contribution in [3.63, 3.8) is 0 Å². The molecule has 2 radical (unpaired) electrons. The maximum Gasteiger partial charge on any atom is 2.00 e. The van der Waals surface area contributed by atoms with Crippen molar-refractivity contribution in [3.05, 3.63) is 0 Å². The topological polar surface area (TPSA) is 80.3 Å². The van der Waals surface area contributed by atoms with Gasteiger partial charge in [0.05, 0.1) is 11.9 Å². The van der Waals surface area contributed by atoms with Crippen LogP contribution in [0.15, 0.2) is 0 Å². The second-order valence-electron chi connectivity index (χ2n) is 0.575. The van der Waals surface area contributed by atoms with Crippen LogP contribution >= 0.6 is 0 Å². The number of hydrogen-bond acceptors (Lipinski definition) is 4. The molecular weight excluding hydrogens is 343 g/mol. The molecule has 40 valence electrons. The molecule has 0 aromatic carbocycles. The molecular formula is C2O4PbTi. The van der Waals surface area contributed by atoms with Crippen LogP contribution in [-0.2, 0) is 31.3 Å². The smallest absolute Gasteiger partial charge is 0.543 e. The van der Waals surface area contributed by atoms with Crippen LogP contribution in [0, 0.1) is 0 Å². The monoisotopic (exact) mass is 344 g/mol. The molecule has 0 aromatic rings. The number of rotatable bonds is 0. The Balaban J connectivity index is -0.000000125. The Morgan fingerprint density at radius 3 is 1.12 bits per heavy atom. The number of carboxylic acids is 2. The zero-order valence-corrected chi connectivity index (χ0v) is 9.08. The number of hydrogen-bond donors (Lipinski definition) is 0. The van der Waals surface area contributed by atoms with Crippen LogP contribution in [0.5, 0.6) is 0 Å². The first kappa shape index (κ1) is 15.8. The molecule has 0 fully saturated rings. The molecule has 0 rings (SSSR count). The minimum Gasteiger partial charge on any atom is -0.543 e. The minimum absolute atomic E-state index is 0. The van der Waals surface area contributed by atoms with E-state index in [0.29, 0.717) is 0 Å². The fourth-order valence-corrected chi connectivity index (χ4v) is 0. The molecule has 0 bridgehead atoms. The largest absolute Gasteiger partial charge is 2.00 e. The van der Waals surface area contributed by atoms with Crippen LogP contribution in [0.2, 0.25) is 0 Å². The second kappa shape index (κ2) is 7.58. The zero-order valence-electron chi connectivity index (χ0n) is 3.63. The van der Waals surface area contributed by atoms with Crippen LogP contribution in [0.4, 0.5) is 0 Å². The van der Waals surface area contributed by atoms with E-state index in [1.807, 2.05) is 0 Å². The summed E-state index contributed by atoms with van der Waals surface area (Å²) < 4.78 is 0. The maximum absolute atomic E-state index is 8.93. The molecule has 6 heteroatoms. The molecule has 0 N–H and O–H groups in total. The van der Waals surface area contributed by atoms with Gasteiger partial charge in [0.15, 0.2) is 0 Å². The Kier molecular flexibility index (Phi) is 15.0. The predicted octanol–water partition coefficient (Wildman–Crippen LogP) is -3.90. The Morgan fingerprint density at radius 1 is 1.00 bits per heavy atom. The molecule has 0 aromatic heterocycles. The Bertz CT molecular complexity index is 80.0. The molecule has 0 saturated heterocycles. The van der Waals surface area contributed by atoms with E-state index < -0.39 is 11.9 Å². The predicted molar refractivity (Wildman–Crippen MR) is 15.8 cm³/mol. The molecule has 0 atom stereocenters. The average Bonchev–Trinajstić information content (AvgIpc) is 1.36. The Hall–Kier alpha value is 0.576. The first-order valence-corrected chi connectivity index (χ1v) is 1.07. The third-order valence-electron chi connectivity index (χ3n) is 0.167. The Morgan fingerprint density at radius 2 is 1.12 bits per heavy atom. The zero-order chi connectivity index (χ0) is 5.15. The van der Waals surface area contributed by atoms with Crippen molar-refractivity contribution in [2.24, 2.45) is 0 Å². The molecule has 0 aliphatic rings. The first-order valence-electron chi connectivity index (χ1n) is 1.07. The number of carbonyl (C=O) groups is 2. The van der Waals surface area contributed by atoms with Crippen LogP contribution < -0.4 is 10.2 Å². The van der Waals surface area contributed by atoms with Gasteiger partial charge in [0, 0.05) is 21.7 Å². The Labute approximate surface area is 80.3 Å². The summed E-state index contributed by atoms with van der Waals surface area (Å²) in [6.45, 7) is 0. The number of carboxylic acid groups (broad SMARTS) is 2. The maximum atomic E-state index is 8.93. The van der Waals surface area contributed by atoms with Crippen molar-refractivity contribution in [3.8, 4) is 0 Å². The SMILES string of the molecule is O=C([O-])C(=O)[O-].[Pb+2].[Ti]. The van der Waals surface area contributed by atoms with E-state index in [0.717, 1.165) is 0 Å². The average molecular weight is 343 g/mol. The molecule has 0 spiro atoms. The molecule has 0 aliphatic heterocycles. The van der Waals surface area contributed by atoms with Gasteiger partial charge in [-0.2, -0.15) is 0 Å². The molecule has 0 amide bonds. The van der Waals surface area contributed by atoms with Crippen molar-refractivity contribution >= 4 is 39.2 Å². The minimum atomic E-state index is -2.19. The fraction of sp³-hybridized carbons (Fsp3) is 0. The van der Waals surface area contributed by atoms with E-state index in [1.165, 1.54) is 0 Å². The number of carbonyl (C=O) groups excluding carboxylic acids is 2.